The van der Waals surface area contributed by atoms with E-state index in [-0.39, 0.29) is 12.5 Å². The monoisotopic (exact) mass is 285 g/mol. The van der Waals surface area contributed by atoms with Crippen LogP contribution in [0.1, 0.15) is 16.7 Å². The van der Waals surface area contributed by atoms with Crippen molar-refractivity contribution in [3.63, 3.8) is 0 Å². The SMILES string of the molecule is COC(=O)CNCc1c(C)cc(Br)cc1C. The topological polar surface area (TPSA) is 38.3 Å². The molecule has 1 aromatic carbocycles. The first-order chi connectivity index (χ1) is 7.54. The summed E-state index contributed by atoms with van der Waals surface area (Å²) in [6, 6.07) is 4.14. The fourth-order valence-corrected chi connectivity index (χ4v) is 2.27. The lowest BCUT2D eigenvalue weighted by molar-refractivity contribution is -0.139. The highest BCUT2D eigenvalue weighted by Crippen LogP contribution is 2.20. The molecule has 4 heteroatoms. The number of hydrogen-bond acceptors (Lipinski definition) is 3. The molecular formula is C12H16BrNO2. The van der Waals surface area contributed by atoms with Crippen molar-refractivity contribution in [3.05, 3.63) is 33.3 Å². The van der Waals surface area contributed by atoms with Gasteiger partial charge in [-0.25, -0.2) is 0 Å². The van der Waals surface area contributed by atoms with Gasteiger partial charge < -0.3 is 10.1 Å². The van der Waals surface area contributed by atoms with Crippen LogP contribution in [-0.2, 0) is 16.1 Å². The predicted octanol–water partition coefficient (Wildman–Crippen LogP) is 2.33. The van der Waals surface area contributed by atoms with Crippen LogP contribution in [0.2, 0.25) is 0 Å². The van der Waals surface area contributed by atoms with Crippen LogP contribution in [0.5, 0.6) is 0 Å². The summed E-state index contributed by atoms with van der Waals surface area (Å²) in [4.78, 5) is 10.9. The van der Waals surface area contributed by atoms with Gasteiger partial charge >= 0.3 is 5.97 Å². The summed E-state index contributed by atoms with van der Waals surface area (Å²) >= 11 is 3.46. The van der Waals surface area contributed by atoms with Crippen molar-refractivity contribution in [3.8, 4) is 0 Å². The Morgan fingerprint density at radius 2 is 1.94 bits per heavy atom. The summed E-state index contributed by atoms with van der Waals surface area (Å²) in [6.45, 7) is 5.05. The maximum atomic E-state index is 10.9. The smallest absolute Gasteiger partial charge is 0.319 e. The number of hydrogen-bond donors (Lipinski definition) is 1. The molecule has 0 aromatic heterocycles. The number of halogens is 1. The minimum absolute atomic E-state index is 0.242. The fourth-order valence-electron chi connectivity index (χ4n) is 1.58. The average molecular weight is 286 g/mol. The molecule has 1 N–H and O–H groups in total. The van der Waals surface area contributed by atoms with Crippen LogP contribution < -0.4 is 5.32 Å². The van der Waals surface area contributed by atoms with Crippen LogP contribution in [-0.4, -0.2) is 19.6 Å². The summed E-state index contributed by atoms with van der Waals surface area (Å²) in [7, 11) is 1.39. The molecule has 0 aliphatic heterocycles. The maximum absolute atomic E-state index is 10.9. The van der Waals surface area contributed by atoms with E-state index in [0.29, 0.717) is 6.54 Å². The highest BCUT2D eigenvalue weighted by molar-refractivity contribution is 9.10. The van der Waals surface area contributed by atoms with Gasteiger partial charge in [0.2, 0.25) is 0 Å². The molecule has 0 unspecified atom stereocenters. The Bertz CT molecular complexity index is 368. The Morgan fingerprint density at radius 3 is 2.44 bits per heavy atom. The van der Waals surface area contributed by atoms with Gasteiger partial charge in [-0.3, -0.25) is 4.79 Å². The summed E-state index contributed by atoms with van der Waals surface area (Å²) in [5.41, 5.74) is 3.65. The molecule has 1 rings (SSSR count). The molecule has 3 nitrogen and oxygen atoms in total. The van der Waals surface area contributed by atoms with E-state index in [1.807, 2.05) is 0 Å². The molecular weight excluding hydrogens is 270 g/mol. The van der Waals surface area contributed by atoms with E-state index < -0.39 is 0 Å². The average Bonchev–Trinajstić information content (AvgIpc) is 2.21. The van der Waals surface area contributed by atoms with E-state index in [1.165, 1.54) is 23.8 Å². The molecule has 0 atom stereocenters. The van der Waals surface area contributed by atoms with E-state index >= 15 is 0 Å². The maximum Gasteiger partial charge on any atom is 0.319 e. The number of carbonyl (C=O) groups excluding carboxylic acids is 1. The number of methoxy groups -OCH3 is 1. The van der Waals surface area contributed by atoms with Crippen molar-refractivity contribution >= 4 is 21.9 Å². The van der Waals surface area contributed by atoms with Crippen LogP contribution in [0, 0.1) is 13.8 Å². The van der Waals surface area contributed by atoms with Gasteiger partial charge in [0, 0.05) is 11.0 Å². The number of nitrogens with one attached hydrogen (secondary N) is 1. The lowest BCUT2D eigenvalue weighted by atomic mass is 10.0. The summed E-state index contributed by atoms with van der Waals surface area (Å²) < 4.78 is 5.64. The fraction of sp³-hybridized carbons (Fsp3) is 0.417. The molecule has 0 fully saturated rings. The number of carbonyl (C=O) groups is 1. The van der Waals surface area contributed by atoms with Crippen molar-refractivity contribution in [1.29, 1.82) is 0 Å². The van der Waals surface area contributed by atoms with Crippen LogP contribution >= 0.6 is 15.9 Å². The van der Waals surface area contributed by atoms with Crippen LogP contribution in [0.25, 0.3) is 0 Å². The van der Waals surface area contributed by atoms with Crippen molar-refractivity contribution in [2.24, 2.45) is 0 Å². The Labute approximate surface area is 104 Å². The van der Waals surface area contributed by atoms with E-state index in [9.17, 15) is 4.79 Å². The summed E-state index contributed by atoms with van der Waals surface area (Å²) in [5.74, 6) is -0.243. The largest absolute Gasteiger partial charge is 0.468 e. The number of ether oxygens (including phenoxy) is 1. The second kappa shape index (κ2) is 6.01. The lowest BCUT2D eigenvalue weighted by Gasteiger charge is -2.11. The first-order valence-corrected chi connectivity index (χ1v) is 5.87. The van der Waals surface area contributed by atoms with Crippen molar-refractivity contribution in [2.75, 3.05) is 13.7 Å². The molecule has 0 radical (unpaired) electrons. The molecule has 0 spiro atoms. The normalized spacial score (nSPS) is 10.2. The van der Waals surface area contributed by atoms with Crippen molar-refractivity contribution in [2.45, 2.75) is 20.4 Å². The first-order valence-electron chi connectivity index (χ1n) is 5.07. The molecule has 1 aromatic rings. The van der Waals surface area contributed by atoms with Crippen molar-refractivity contribution < 1.29 is 9.53 Å². The van der Waals surface area contributed by atoms with Crippen LogP contribution in [0.3, 0.4) is 0 Å². The molecule has 16 heavy (non-hydrogen) atoms. The Balaban J connectivity index is 2.64. The molecule has 0 saturated carbocycles. The van der Waals surface area contributed by atoms with Gasteiger partial charge in [0.1, 0.15) is 0 Å². The zero-order valence-electron chi connectivity index (χ0n) is 9.76. The van der Waals surface area contributed by atoms with Gasteiger partial charge in [-0.15, -0.1) is 0 Å². The molecule has 0 aliphatic carbocycles. The molecule has 0 bridgehead atoms. The zero-order valence-corrected chi connectivity index (χ0v) is 11.3. The highest BCUT2D eigenvalue weighted by Gasteiger charge is 2.05. The standard InChI is InChI=1S/C12H16BrNO2/c1-8-4-10(13)5-9(2)11(8)6-14-7-12(15)16-3/h4-5,14H,6-7H2,1-3H3. The third-order valence-electron chi connectivity index (χ3n) is 2.46. The lowest BCUT2D eigenvalue weighted by Crippen LogP contribution is -2.24. The van der Waals surface area contributed by atoms with Gasteiger partial charge in [0.25, 0.3) is 0 Å². The Morgan fingerprint density at radius 1 is 1.38 bits per heavy atom. The third-order valence-corrected chi connectivity index (χ3v) is 2.92. The van der Waals surface area contributed by atoms with Crippen molar-refractivity contribution in [1.82, 2.24) is 5.32 Å². The highest BCUT2D eigenvalue weighted by atomic mass is 79.9. The second-order valence-corrected chi connectivity index (χ2v) is 4.61. The van der Waals surface area contributed by atoms with Gasteiger partial charge in [-0.05, 0) is 42.7 Å². The van der Waals surface area contributed by atoms with E-state index in [2.05, 4.69) is 52.0 Å². The molecule has 0 aliphatic rings. The molecule has 0 amide bonds. The Kier molecular flexibility index (Phi) is 4.96. The number of esters is 1. The van der Waals surface area contributed by atoms with Gasteiger partial charge in [0.15, 0.2) is 0 Å². The van der Waals surface area contributed by atoms with E-state index in [4.69, 9.17) is 0 Å². The molecule has 0 saturated heterocycles. The Hall–Kier alpha value is -0.870. The second-order valence-electron chi connectivity index (χ2n) is 3.70. The van der Waals surface area contributed by atoms with Gasteiger partial charge in [-0.2, -0.15) is 0 Å². The number of rotatable bonds is 4. The van der Waals surface area contributed by atoms with Crippen LogP contribution in [0.15, 0.2) is 16.6 Å². The minimum atomic E-state index is -0.243. The summed E-state index contributed by atoms with van der Waals surface area (Å²) in [5, 5.41) is 3.06. The predicted molar refractivity (Wildman–Crippen MR) is 67.3 cm³/mol. The number of aryl methyl sites for hydroxylation is 2. The van der Waals surface area contributed by atoms with Gasteiger partial charge in [0.05, 0.1) is 13.7 Å². The van der Waals surface area contributed by atoms with E-state index in [0.717, 1.165) is 4.47 Å². The molecule has 0 heterocycles. The van der Waals surface area contributed by atoms with E-state index in [1.54, 1.807) is 0 Å². The summed E-state index contributed by atoms with van der Waals surface area (Å²) in [6.07, 6.45) is 0. The third kappa shape index (κ3) is 3.61. The molecule has 88 valence electrons. The quantitative estimate of drug-likeness (QED) is 0.863. The zero-order chi connectivity index (χ0) is 12.1. The first kappa shape index (κ1) is 13.2. The minimum Gasteiger partial charge on any atom is -0.468 e. The van der Waals surface area contributed by atoms with Crippen LogP contribution in [0.4, 0.5) is 0 Å². The van der Waals surface area contributed by atoms with Gasteiger partial charge in [-0.1, -0.05) is 15.9 Å². The number of benzene rings is 1.